The number of nitrogens with one attached hydrogen (secondary N) is 2. The number of piperidine rings is 1. The van der Waals surface area contributed by atoms with Crippen LogP contribution in [0.25, 0.3) is 0 Å². The SMILES string of the molecule is CC(C)(C)C[C@@H](C(=O)N[C@@H](C[C@@H]1CCCNC1=O)C(N)=O)N(C(=O)O)C(C)(C)C. The van der Waals surface area contributed by atoms with Crippen molar-refractivity contribution in [2.75, 3.05) is 6.54 Å². The molecule has 29 heavy (non-hydrogen) atoms. The second kappa shape index (κ2) is 9.45. The molecule has 0 aromatic rings. The Morgan fingerprint density at radius 2 is 1.83 bits per heavy atom. The largest absolute Gasteiger partial charge is 0.465 e. The van der Waals surface area contributed by atoms with Crippen molar-refractivity contribution in [3.05, 3.63) is 0 Å². The van der Waals surface area contributed by atoms with Gasteiger partial charge in [0.25, 0.3) is 0 Å². The number of amides is 4. The Morgan fingerprint density at radius 1 is 1.24 bits per heavy atom. The number of carboxylic acid groups (broad SMARTS) is 1. The van der Waals surface area contributed by atoms with E-state index in [1.165, 1.54) is 0 Å². The van der Waals surface area contributed by atoms with Gasteiger partial charge >= 0.3 is 6.09 Å². The van der Waals surface area contributed by atoms with E-state index in [1.54, 1.807) is 20.8 Å². The fraction of sp³-hybridized carbons (Fsp3) is 0.800. The zero-order valence-corrected chi connectivity index (χ0v) is 18.4. The second-order valence-corrected chi connectivity index (χ2v) is 9.93. The van der Waals surface area contributed by atoms with Crippen LogP contribution in [0.4, 0.5) is 4.79 Å². The maximum atomic E-state index is 13.1. The van der Waals surface area contributed by atoms with Crippen LogP contribution in [-0.4, -0.2) is 58.0 Å². The highest BCUT2D eigenvalue weighted by atomic mass is 16.4. The summed E-state index contributed by atoms with van der Waals surface area (Å²) in [5, 5.41) is 15.1. The van der Waals surface area contributed by atoms with Crippen molar-refractivity contribution in [1.82, 2.24) is 15.5 Å². The third-order valence-corrected chi connectivity index (χ3v) is 4.93. The Labute approximate surface area is 172 Å². The van der Waals surface area contributed by atoms with Crippen LogP contribution in [0.15, 0.2) is 0 Å². The molecule has 0 saturated carbocycles. The zero-order valence-electron chi connectivity index (χ0n) is 18.4. The molecule has 0 spiro atoms. The molecule has 0 bridgehead atoms. The van der Waals surface area contributed by atoms with Crippen LogP contribution < -0.4 is 16.4 Å². The maximum Gasteiger partial charge on any atom is 0.408 e. The van der Waals surface area contributed by atoms with E-state index in [0.717, 1.165) is 11.3 Å². The minimum Gasteiger partial charge on any atom is -0.465 e. The van der Waals surface area contributed by atoms with Crippen LogP contribution in [0.2, 0.25) is 0 Å². The molecule has 1 aliphatic heterocycles. The molecule has 9 nitrogen and oxygen atoms in total. The van der Waals surface area contributed by atoms with E-state index in [-0.39, 0.29) is 24.2 Å². The van der Waals surface area contributed by atoms with Crippen LogP contribution in [0.3, 0.4) is 0 Å². The van der Waals surface area contributed by atoms with E-state index >= 15 is 0 Å². The average molecular weight is 413 g/mol. The lowest BCUT2D eigenvalue weighted by atomic mass is 9.85. The fourth-order valence-corrected chi connectivity index (χ4v) is 3.63. The van der Waals surface area contributed by atoms with E-state index in [9.17, 15) is 24.3 Å². The molecule has 1 aliphatic rings. The molecule has 0 aromatic heterocycles. The minimum atomic E-state index is -1.22. The highest BCUT2D eigenvalue weighted by Crippen LogP contribution is 2.28. The zero-order chi connectivity index (χ0) is 22.6. The van der Waals surface area contributed by atoms with Gasteiger partial charge in [0, 0.05) is 18.0 Å². The molecule has 166 valence electrons. The molecule has 1 rings (SSSR count). The summed E-state index contributed by atoms with van der Waals surface area (Å²) in [6.45, 7) is 11.5. The highest BCUT2D eigenvalue weighted by Gasteiger charge is 2.41. The lowest BCUT2D eigenvalue weighted by Crippen LogP contribution is -2.60. The van der Waals surface area contributed by atoms with Gasteiger partial charge in [-0.05, 0) is 51.9 Å². The molecule has 0 aromatic carbocycles. The Kier molecular flexibility index (Phi) is 8.06. The summed E-state index contributed by atoms with van der Waals surface area (Å²) in [5.74, 6) is -1.91. The molecule has 9 heteroatoms. The molecule has 1 saturated heterocycles. The van der Waals surface area contributed by atoms with Crippen molar-refractivity contribution in [3.8, 4) is 0 Å². The van der Waals surface area contributed by atoms with Gasteiger partial charge in [-0.25, -0.2) is 4.79 Å². The van der Waals surface area contributed by atoms with Gasteiger partial charge in [-0.15, -0.1) is 0 Å². The van der Waals surface area contributed by atoms with Crippen LogP contribution in [0.1, 0.15) is 67.2 Å². The number of carbonyl (C=O) groups excluding carboxylic acids is 3. The summed E-state index contributed by atoms with van der Waals surface area (Å²) >= 11 is 0. The lowest BCUT2D eigenvalue weighted by Gasteiger charge is -2.41. The predicted octanol–water partition coefficient (Wildman–Crippen LogP) is 1.46. The Balaban J connectivity index is 3.10. The summed E-state index contributed by atoms with van der Waals surface area (Å²) in [7, 11) is 0. The standard InChI is InChI=1S/C20H36N4O5/c1-19(2,3)11-14(24(18(28)29)20(4,5)6)17(27)23-13(15(21)25)10-12-8-7-9-22-16(12)26/h12-14H,7-11H2,1-6H3,(H2,21,25)(H,22,26)(H,23,27)(H,28,29)/t12-,13-,14-/m0/s1. The third-order valence-electron chi connectivity index (χ3n) is 4.93. The highest BCUT2D eigenvalue weighted by molar-refractivity contribution is 5.91. The molecule has 3 atom stereocenters. The van der Waals surface area contributed by atoms with Gasteiger partial charge in [-0.3, -0.25) is 19.3 Å². The van der Waals surface area contributed by atoms with E-state index in [2.05, 4.69) is 10.6 Å². The first-order chi connectivity index (χ1) is 13.1. The summed E-state index contributed by atoms with van der Waals surface area (Å²) in [4.78, 5) is 50.2. The first kappa shape index (κ1) is 24.7. The molecular formula is C20H36N4O5. The summed E-state index contributed by atoms with van der Waals surface area (Å²) in [6, 6.07) is -2.05. The molecule has 1 heterocycles. The molecule has 0 radical (unpaired) electrons. The van der Waals surface area contributed by atoms with E-state index in [1.807, 2.05) is 20.8 Å². The van der Waals surface area contributed by atoms with Gasteiger partial charge < -0.3 is 21.5 Å². The Bertz CT molecular complexity index is 636. The van der Waals surface area contributed by atoms with E-state index in [0.29, 0.717) is 13.0 Å². The molecule has 0 aliphatic carbocycles. The monoisotopic (exact) mass is 412 g/mol. The number of carbonyl (C=O) groups is 4. The smallest absolute Gasteiger partial charge is 0.408 e. The predicted molar refractivity (Wildman–Crippen MR) is 109 cm³/mol. The maximum absolute atomic E-state index is 13.1. The average Bonchev–Trinajstić information content (AvgIpc) is 2.52. The van der Waals surface area contributed by atoms with E-state index < -0.39 is 41.4 Å². The normalized spacial score (nSPS) is 19.7. The minimum absolute atomic E-state index is 0.0950. The van der Waals surface area contributed by atoms with Crippen molar-refractivity contribution < 1.29 is 24.3 Å². The van der Waals surface area contributed by atoms with Crippen molar-refractivity contribution >= 4 is 23.8 Å². The number of nitrogens with zero attached hydrogens (tertiary/aromatic N) is 1. The molecule has 0 unspecified atom stereocenters. The van der Waals surface area contributed by atoms with Crippen LogP contribution >= 0.6 is 0 Å². The number of rotatable bonds is 7. The fourth-order valence-electron chi connectivity index (χ4n) is 3.63. The van der Waals surface area contributed by atoms with Gasteiger partial charge in [0.15, 0.2) is 0 Å². The van der Waals surface area contributed by atoms with Gasteiger partial charge in [-0.2, -0.15) is 0 Å². The number of primary amides is 1. The molecule has 4 amide bonds. The number of nitrogens with two attached hydrogens (primary N) is 1. The molecular weight excluding hydrogens is 376 g/mol. The van der Waals surface area contributed by atoms with Crippen molar-refractivity contribution in [2.45, 2.75) is 84.8 Å². The molecule has 5 N–H and O–H groups in total. The summed E-state index contributed by atoms with van der Waals surface area (Å²) in [5.41, 5.74) is 4.31. The second-order valence-electron chi connectivity index (χ2n) is 9.93. The van der Waals surface area contributed by atoms with E-state index in [4.69, 9.17) is 5.73 Å². The van der Waals surface area contributed by atoms with Crippen molar-refractivity contribution in [1.29, 1.82) is 0 Å². The first-order valence-corrected chi connectivity index (χ1v) is 10.0. The van der Waals surface area contributed by atoms with Crippen molar-refractivity contribution in [3.63, 3.8) is 0 Å². The molecule has 1 fully saturated rings. The topological polar surface area (TPSA) is 142 Å². The van der Waals surface area contributed by atoms with Gasteiger partial charge in [0.2, 0.25) is 17.7 Å². The van der Waals surface area contributed by atoms with Crippen LogP contribution in [-0.2, 0) is 14.4 Å². The third kappa shape index (κ3) is 7.55. The summed E-state index contributed by atoms with van der Waals surface area (Å²) < 4.78 is 0. The number of hydrogen-bond acceptors (Lipinski definition) is 4. The van der Waals surface area contributed by atoms with Crippen LogP contribution in [0.5, 0.6) is 0 Å². The Morgan fingerprint density at radius 3 is 2.24 bits per heavy atom. The van der Waals surface area contributed by atoms with Gasteiger partial charge in [-0.1, -0.05) is 20.8 Å². The number of hydrogen-bond donors (Lipinski definition) is 4. The van der Waals surface area contributed by atoms with Crippen LogP contribution in [0, 0.1) is 11.3 Å². The first-order valence-electron chi connectivity index (χ1n) is 10.0. The quantitative estimate of drug-likeness (QED) is 0.501. The summed E-state index contributed by atoms with van der Waals surface area (Å²) in [6.07, 6.45) is 0.541. The lowest BCUT2D eigenvalue weighted by molar-refractivity contribution is -0.134. The van der Waals surface area contributed by atoms with Gasteiger partial charge in [0.05, 0.1) is 0 Å². The van der Waals surface area contributed by atoms with Gasteiger partial charge in [0.1, 0.15) is 12.1 Å². The Hall–Kier alpha value is -2.32. The van der Waals surface area contributed by atoms with Crippen molar-refractivity contribution in [2.24, 2.45) is 17.1 Å².